The van der Waals surface area contributed by atoms with Gasteiger partial charge in [0.05, 0.1) is 6.42 Å². The molecule has 0 radical (unpaired) electrons. The van der Waals surface area contributed by atoms with E-state index in [1.165, 1.54) is 6.07 Å². The van der Waals surface area contributed by atoms with Crippen LogP contribution < -0.4 is 10.6 Å². The summed E-state index contributed by atoms with van der Waals surface area (Å²) in [6.45, 7) is 2.30. The van der Waals surface area contributed by atoms with E-state index < -0.39 is 11.6 Å². The second kappa shape index (κ2) is 6.35. The van der Waals surface area contributed by atoms with E-state index in [4.69, 9.17) is 5.73 Å². The van der Waals surface area contributed by atoms with Crippen molar-refractivity contribution in [1.82, 2.24) is 0 Å². The molecule has 0 aliphatic rings. The van der Waals surface area contributed by atoms with Crippen LogP contribution in [-0.4, -0.2) is 12.5 Å². The molecule has 110 valence electrons. The monoisotopic (exact) mass is 290 g/mol. The number of halogens is 2. The standard InChI is InChI=1S/C16H16F2N2O/c1-2-20(13-5-3-4-12(19)10-13)16(21)9-11-6-7-14(17)15(18)8-11/h3-8,10H,2,9,19H2,1H3. The summed E-state index contributed by atoms with van der Waals surface area (Å²) in [5.74, 6) is -2.07. The number of carbonyl (C=O) groups excluding carboxylic acids is 1. The molecule has 2 N–H and O–H groups in total. The zero-order valence-corrected chi connectivity index (χ0v) is 11.6. The van der Waals surface area contributed by atoms with Gasteiger partial charge < -0.3 is 10.6 Å². The first kappa shape index (κ1) is 15.0. The van der Waals surface area contributed by atoms with Gasteiger partial charge in [-0.15, -0.1) is 0 Å². The van der Waals surface area contributed by atoms with E-state index in [9.17, 15) is 13.6 Å². The summed E-state index contributed by atoms with van der Waals surface area (Å²) in [5.41, 5.74) is 7.39. The molecule has 2 aromatic carbocycles. The lowest BCUT2D eigenvalue weighted by Crippen LogP contribution is -2.32. The number of likely N-dealkylation sites (N-methyl/N-ethyl adjacent to an activating group) is 1. The molecule has 0 aromatic heterocycles. The average molecular weight is 290 g/mol. The van der Waals surface area contributed by atoms with E-state index >= 15 is 0 Å². The number of nitrogens with zero attached hydrogens (tertiary/aromatic N) is 1. The van der Waals surface area contributed by atoms with Crippen LogP contribution in [0.1, 0.15) is 12.5 Å². The van der Waals surface area contributed by atoms with Crippen LogP contribution in [-0.2, 0) is 11.2 Å². The first-order valence-electron chi connectivity index (χ1n) is 6.61. The van der Waals surface area contributed by atoms with Gasteiger partial charge in [0.1, 0.15) is 0 Å². The lowest BCUT2D eigenvalue weighted by molar-refractivity contribution is -0.117. The molecule has 2 rings (SSSR count). The van der Waals surface area contributed by atoms with Crippen molar-refractivity contribution in [2.45, 2.75) is 13.3 Å². The van der Waals surface area contributed by atoms with Crippen molar-refractivity contribution < 1.29 is 13.6 Å². The van der Waals surface area contributed by atoms with Gasteiger partial charge in [0.25, 0.3) is 0 Å². The number of hydrogen-bond donors (Lipinski definition) is 1. The topological polar surface area (TPSA) is 46.3 Å². The third-order valence-corrected chi connectivity index (χ3v) is 3.14. The van der Waals surface area contributed by atoms with E-state index in [1.54, 1.807) is 29.2 Å². The molecule has 0 fully saturated rings. The molecular formula is C16H16F2N2O. The van der Waals surface area contributed by atoms with Gasteiger partial charge in [0, 0.05) is 17.9 Å². The minimum atomic E-state index is -0.952. The highest BCUT2D eigenvalue weighted by Crippen LogP contribution is 2.19. The Hall–Kier alpha value is -2.43. The van der Waals surface area contributed by atoms with Gasteiger partial charge >= 0.3 is 0 Å². The van der Waals surface area contributed by atoms with Crippen molar-refractivity contribution in [3.05, 3.63) is 59.7 Å². The van der Waals surface area contributed by atoms with Gasteiger partial charge in [-0.1, -0.05) is 12.1 Å². The quantitative estimate of drug-likeness (QED) is 0.879. The number of nitrogen functional groups attached to an aromatic ring is 1. The van der Waals surface area contributed by atoms with Gasteiger partial charge in [0.15, 0.2) is 11.6 Å². The molecule has 2 aromatic rings. The number of rotatable bonds is 4. The van der Waals surface area contributed by atoms with E-state index in [1.807, 2.05) is 6.92 Å². The Kier molecular flexibility index (Phi) is 4.52. The smallest absolute Gasteiger partial charge is 0.231 e. The molecule has 0 saturated carbocycles. The molecule has 0 unspecified atom stereocenters. The first-order valence-corrected chi connectivity index (χ1v) is 6.61. The second-order valence-corrected chi connectivity index (χ2v) is 4.66. The van der Waals surface area contributed by atoms with Crippen LogP contribution in [0.3, 0.4) is 0 Å². The Labute approximate surface area is 122 Å². The van der Waals surface area contributed by atoms with Crippen molar-refractivity contribution in [2.24, 2.45) is 0 Å². The minimum Gasteiger partial charge on any atom is -0.399 e. The summed E-state index contributed by atoms with van der Waals surface area (Å²) in [6.07, 6.45) is -0.000160. The Morgan fingerprint density at radius 3 is 2.52 bits per heavy atom. The van der Waals surface area contributed by atoms with Crippen molar-refractivity contribution in [1.29, 1.82) is 0 Å². The third-order valence-electron chi connectivity index (χ3n) is 3.14. The van der Waals surface area contributed by atoms with E-state index in [0.717, 1.165) is 12.1 Å². The summed E-state index contributed by atoms with van der Waals surface area (Å²) in [4.78, 5) is 13.9. The molecule has 0 aliphatic carbocycles. The molecule has 0 spiro atoms. The Morgan fingerprint density at radius 1 is 1.14 bits per heavy atom. The summed E-state index contributed by atoms with van der Waals surface area (Å²) in [6, 6.07) is 10.4. The third kappa shape index (κ3) is 3.56. The molecule has 0 saturated heterocycles. The molecule has 0 atom stereocenters. The first-order chi connectivity index (χ1) is 10.0. The van der Waals surface area contributed by atoms with Gasteiger partial charge in [0.2, 0.25) is 5.91 Å². The molecule has 1 amide bonds. The van der Waals surface area contributed by atoms with Crippen LogP contribution in [0.15, 0.2) is 42.5 Å². The van der Waals surface area contributed by atoms with Crippen molar-refractivity contribution >= 4 is 17.3 Å². The van der Waals surface area contributed by atoms with Crippen LogP contribution in [0, 0.1) is 11.6 Å². The highest BCUT2D eigenvalue weighted by molar-refractivity contribution is 5.95. The molecule has 0 bridgehead atoms. The average Bonchev–Trinajstić information content (AvgIpc) is 2.44. The molecule has 5 heteroatoms. The van der Waals surface area contributed by atoms with E-state index in [0.29, 0.717) is 23.5 Å². The molecule has 0 aliphatic heterocycles. The largest absolute Gasteiger partial charge is 0.399 e. The summed E-state index contributed by atoms with van der Waals surface area (Å²) in [5, 5.41) is 0. The second-order valence-electron chi connectivity index (χ2n) is 4.66. The normalized spacial score (nSPS) is 10.4. The minimum absolute atomic E-state index is 0.000160. The van der Waals surface area contributed by atoms with Gasteiger partial charge in [-0.25, -0.2) is 8.78 Å². The number of anilines is 2. The maximum absolute atomic E-state index is 13.2. The van der Waals surface area contributed by atoms with Gasteiger partial charge in [-0.2, -0.15) is 0 Å². The highest BCUT2D eigenvalue weighted by Gasteiger charge is 2.15. The number of carbonyl (C=O) groups is 1. The molecule has 0 heterocycles. The van der Waals surface area contributed by atoms with Crippen molar-refractivity contribution in [3.8, 4) is 0 Å². The highest BCUT2D eigenvalue weighted by atomic mass is 19.2. The Morgan fingerprint density at radius 2 is 1.90 bits per heavy atom. The van der Waals surface area contributed by atoms with Crippen molar-refractivity contribution in [3.63, 3.8) is 0 Å². The number of benzene rings is 2. The zero-order chi connectivity index (χ0) is 15.4. The fourth-order valence-corrected chi connectivity index (χ4v) is 2.12. The fourth-order valence-electron chi connectivity index (χ4n) is 2.12. The number of amides is 1. The molecule has 21 heavy (non-hydrogen) atoms. The van der Waals surface area contributed by atoms with Crippen LogP contribution in [0.25, 0.3) is 0 Å². The summed E-state index contributed by atoms with van der Waals surface area (Å²) < 4.78 is 26.1. The van der Waals surface area contributed by atoms with Crippen LogP contribution in [0.4, 0.5) is 20.2 Å². The van der Waals surface area contributed by atoms with Crippen LogP contribution in [0.5, 0.6) is 0 Å². The van der Waals surface area contributed by atoms with Crippen LogP contribution in [0.2, 0.25) is 0 Å². The lowest BCUT2D eigenvalue weighted by Gasteiger charge is -2.21. The predicted octanol–water partition coefficient (Wildman–Crippen LogP) is 3.14. The maximum atomic E-state index is 13.2. The predicted molar refractivity (Wildman–Crippen MR) is 78.9 cm³/mol. The zero-order valence-electron chi connectivity index (χ0n) is 11.6. The fraction of sp³-hybridized carbons (Fsp3) is 0.188. The lowest BCUT2D eigenvalue weighted by atomic mass is 10.1. The Balaban J connectivity index is 2.18. The van der Waals surface area contributed by atoms with Crippen LogP contribution >= 0.6 is 0 Å². The number of hydrogen-bond acceptors (Lipinski definition) is 2. The van der Waals surface area contributed by atoms with E-state index in [-0.39, 0.29) is 12.3 Å². The van der Waals surface area contributed by atoms with Crippen molar-refractivity contribution in [2.75, 3.05) is 17.2 Å². The Bertz CT molecular complexity index is 658. The molecular weight excluding hydrogens is 274 g/mol. The van der Waals surface area contributed by atoms with Gasteiger partial charge in [-0.05, 0) is 42.8 Å². The summed E-state index contributed by atoms with van der Waals surface area (Å²) >= 11 is 0. The maximum Gasteiger partial charge on any atom is 0.231 e. The molecule has 3 nitrogen and oxygen atoms in total. The SMILES string of the molecule is CCN(C(=O)Cc1ccc(F)c(F)c1)c1cccc(N)c1. The summed E-state index contributed by atoms with van der Waals surface area (Å²) in [7, 11) is 0. The van der Waals surface area contributed by atoms with E-state index in [2.05, 4.69) is 0 Å². The van der Waals surface area contributed by atoms with Gasteiger partial charge in [-0.3, -0.25) is 4.79 Å². The number of nitrogens with two attached hydrogens (primary N) is 1.